The van der Waals surface area contributed by atoms with Crippen molar-refractivity contribution in [3.05, 3.63) is 35.6 Å². The van der Waals surface area contributed by atoms with E-state index in [0.29, 0.717) is 11.1 Å². The van der Waals surface area contributed by atoms with Crippen LogP contribution in [0.4, 0.5) is 0 Å². The predicted molar refractivity (Wildman–Crippen MR) is 89.2 cm³/mol. The van der Waals surface area contributed by atoms with Crippen LogP contribution in [0.1, 0.15) is 35.7 Å². The standard InChI is InChI=1S/C19H20N2O2/c1-2-3-15-12-23-18-9-14(4-5-17(15)18)19(22)20-16-8-13-6-7-21(10-13)11-16/h4-5,9,12-13,16H,6-8,10-11H2,1H3,(H,20,22)/t13-,16+/m0/s1. The smallest absolute Gasteiger partial charge is 0.251 e. The molecule has 4 nitrogen and oxygen atoms in total. The SMILES string of the molecule is CC#Cc1coc2cc(C(=O)N[C@@H]3C[C@@H]4CCN(C4)C3)ccc12. The van der Waals surface area contributed by atoms with E-state index in [9.17, 15) is 4.79 Å². The predicted octanol–water partition coefficient (Wildman–Crippen LogP) is 2.63. The summed E-state index contributed by atoms with van der Waals surface area (Å²) in [5.41, 5.74) is 2.23. The van der Waals surface area contributed by atoms with Gasteiger partial charge in [-0.2, -0.15) is 0 Å². The van der Waals surface area contributed by atoms with Gasteiger partial charge in [0, 0.05) is 30.1 Å². The topological polar surface area (TPSA) is 45.5 Å². The molecule has 4 rings (SSSR count). The van der Waals surface area contributed by atoms with Crippen molar-refractivity contribution in [3.63, 3.8) is 0 Å². The molecule has 1 aromatic heterocycles. The van der Waals surface area contributed by atoms with Crippen LogP contribution in [0.5, 0.6) is 0 Å². The zero-order chi connectivity index (χ0) is 15.8. The van der Waals surface area contributed by atoms with Crippen molar-refractivity contribution >= 4 is 16.9 Å². The summed E-state index contributed by atoms with van der Waals surface area (Å²) in [5, 5.41) is 4.14. The number of benzene rings is 1. The van der Waals surface area contributed by atoms with Crippen molar-refractivity contribution in [2.75, 3.05) is 19.6 Å². The molecule has 2 bridgehead atoms. The molecule has 1 unspecified atom stereocenters. The van der Waals surface area contributed by atoms with Gasteiger partial charge in [-0.3, -0.25) is 4.79 Å². The number of carbonyl (C=O) groups excluding carboxylic acids is 1. The zero-order valence-electron chi connectivity index (χ0n) is 13.3. The van der Waals surface area contributed by atoms with E-state index < -0.39 is 0 Å². The Morgan fingerprint density at radius 3 is 3.13 bits per heavy atom. The summed E-state index contributed by atoms with van der Waals surface area (Å²) in [6.07, 6.45) is 4.02. The molecule has 0 radical (unpaired) electrons. The highest BCUT2D eigenvalue weighted by Crippen LogP contribution is 2.27. The second-order valence-electron chi connectivity index (χ2n) is 6.56. The molecule has 1 N–H and O–H groups in total. The molecule has 4 heteroatoms. The van der Waals surface area contributed by atoms with Crippen molar-refractivity contribution in [2.45, 2.75) is 25.8 Å². The highest BCUT2D eigenvalue weighted by molar-refractivity contribution is 5.98. The Bertz CT molecular complexity index is 800. The Balaban J connectivity index is 1.51. The largest absolute Gasteiger partial charge is 0.463 e. The number of nitrogens with zero attached hydrogens (tertiary/aromatic N) is 1. The number of piperidine rings is 1. The van der Waals surface area contributed by atoms with Crippen LogP contribution in [-0.2, 0) is 0 Å². The Hall–Kier alpha value is -2.25. The minimum absolute atomic E-state index is 0.0149. The van der Waals surface area contributed by atoms with Crippen LogP contribution in [-0.4, -0.2) is 36.5 Å². The van der Waals surface area contributed by atoms with E-state index in [-0.39, 0.29) is 11.9 Å². The third-order valence-electron chi connectivity index (χ3n) is 4.90. The summed E-state index contributed by atoms with van der Waals surface area (Å²) >= 11 is 0. The maximum Gasteiger partial charge on any atom is 0.251 e. The summed E-state index contributed by atoms with van der Waals surface area (Å²) in [5.74, 6) is 6.62. The first kappa shape index (κ1) is 14.3. The summed E-state index contributed by atoms with van der Waals surface area (Å²) in [6.45, 7) is 5.15. The van der Waals surface area contributed by atoms with Crippen LogP contribution >= 0.6 is 0 Å². The van der Waals surface area contributed by atoms with E-state index in [1.807, 2.05) is 18.2 Å². The number of hydrogen-bond acceptors (Lipinski definition) is 3. The summed E-state index contributed by atoms with van der Waals surface area (Å²) in [6, 6.07) is 5.84. The van der Waals surface area contributed by atoms with Gasteiger partial charge in [0.2, 0.25) is 0 Å². The van der Waals surface area contributed by atoms with E-state index >= 15 is 0 Å². The minimum Gasteiger partial charge on any atom is -0.463 e. The van der Waals surface area contributed by atoms with Crippen molar-refractivity contribution in [1.82, 2.24) is 10.2 Å². The summed E-state index contributed by atoms with van der Waals surface area (Å²) in [7, 11) is 0. The highest BCUT2D eigenvalue weighted by Gasteiger charge is 2.33. The van der Waals surface area contributed by atoms with Gasteiger partial charge in [0.15, 0.2) is 0 Å². The van der Waals surface area contributed by atoms with Gasteiger partial charge in [0.25, 0.3) is 5.91 Å². The Morgan fingerprint density at radius 1 is 1.39 bits per heavy atom. The van der Waals surface area contributed by atoms with Crippen molar-refractivity contribution < 1.29 is 9.21 Å². The second kappa shape index (κ2) is 5.75. The van der Waals surface area contributed by atoms with E-state index in [2.05, 4.69) is 22.1 Å². The number of amides is 1. The first-order valence-corrected chi connectivity index (χ1v) is 8.20. The summed E-state index contributed by atoms with van der Waals surface area (Å²) in [4.78, 5) is 15.0. The third kappa shape index (κ3) is 2.73. The lowest BCUT2D eigenvalue weighted by Crippen LogP contribution is -2.47. The van der Waals surface area contributed by atoms with Crippen molar-refractivity contribution in [1.29, 1.82) is 0 Å². The monoisotopic (exact) mass is 308 g/mol. The molecule has 0 spiro atoms. The van der Waals surface area contributed by atoms with Gasteiger partial charge in [0.1, 0.15) is 11.8 Å². The number of carbonyl (C=O) groups is 1. The first-order valence-electron chi connectivity index (χ1n) is 8.20. The van der Waals surface area contributed by atoms with Gasteiger partial charge in [-0.05, 0) is 50.4 Å². The van der Waals surface area contributed by atoms with Gasteiger partial charge in [0.05, 0.1) is 5.56 Å². The van der Waals surface area contributed by atoms with Gasteiger partial charge in [-0.15, -0.1) is 5.92 Å². The number of rotatable bonds is 2. The van der Waals surface area contributed by atoms with E-state index in [1.54, 1.807) is 13.2 Å². The molecular formula is C19H20N2O2. The Labute approximate surface area is 135 Å². The van der Waals surface area contributed by atoms with Crippen LogP contribution in [0.25, 0.3) is 11.0 Å². The molecule has 0 aliphatic carbocycles. The molecule has 23 heavy (non-hydrogen) atoms. The molecule has 2 saturated heterocycles. The maximum absolute atomic E-state index is 12.5. The minimum atomic E-state index is -0.0149. The van der Waals surface area contributed by atoms with Gasteiger partial charge >= 0.3 is 0 Å². The molecule has 3 atom stereocenters. The average molecular weight is 308 g/mol. The Kier molecular flexibility index (Phi) is 3.59. The number of hydrogen-bond donors (Lipinski definition) is 1. The molecule has 1 aromatic carbocycles. The Morgan fingerprint density at radius 2 is 2.30 bits per heavy atom. The number of furan rings is 1. The average Bonchev–Trinajstić information content (AvgIpc) is 3.10. The molecule has 2 aliphatic rings. The lowest BCUT2D eigenvalue weighted by atomic mass is 9.96. The third-order valence-corrected chi connectivity index (χ3v) is 4.90. The van der Waals surface area contributed by atoms with Crippen LogP contribution < -0.4 is 5.32 Å². The van der Waals surface area contributed by atoms with Gasteiger partial charge < -0.3 is 14.6 Å². The lowest BCUT2D eigenvalue weighted by Gasteiger charge is -2.30. The van der Waals surface area contributed by atoms with Crippen molar-refractivity contribution in [3.8, 4) is 11.8 Å². The van der Waals surface area contributed by atoms with Gasteiger partial charge in [-0.25, -0.2) is 0 Å². The maximum atomic E-state index is 12.5. The molecule has 3 heterocycles. The second-order valence-corrected chi connectivity index (χ2v) is 6.56. The van der Waals surface area contributed by atoms with E-state index in [4.69, 9.17) is 4.42 Å². The lowest BCUT2D eigenvalue weighted by molar-refractivity contribution is 0.0909. The zero-order valence-corrected chi connectivity index (χ0v) is 13.3. The van der Waals surface area contributed by atoms with Gasteiger partial charge in [-0.1, -0.05) is 5.92 Å². The molecule has 2 fully saturated rings. The fraction of sp³-hybridized carbons (Fsp3) is 0.421. The van der Waals surface area contributed by atoms with E-state index in [1.165, 1.54) is 19.5 Å². The molecule has 2 aliphatic heterocycles. The van der Waals surface area contributed by atoms with Crippen LogP contribution in [0.15, 0.2) is 28.9 Å². The first-order chi connectivity index (χ1) is 11.2. The van der Waals surface area contributed by atoms with Crippen LogP contribution in [0.3, 0.4) is 0 Å². The molecule has 118 valence electrons. The molecule has 1 amide bonds. The van der Waals surface area contributed by atoms with Crippen LogP contribution in [0, 0.1) is 17.8 Å². The number of fused-ring (bicyclic) bond motifs is 3. The molecule has 0 saturated carbocycles. The quantitative estimate of drug-likeness (QED) is 0.868. The fourth-order valence-electron chi connectivity index (χ4n) is 3.83. The fourth-order valence-corrected chi connectivity index (χ4v) is 3.83. The molecule has 2 aromatic rings. The van der Waals surface area contributed by atoms with E-state index in [0.717, 1.165) is 29.8 Å². The summed E-state index contributed by atoms with van der Waals surface area (Å²) < 4.78 is 5.54. The van der Waals surface area contributed by atoms with Crippen molar-refractivity contribution in [2.24, 2.45) is 5.92 Å². The van der Waals surface area contributed by atoms with Crippen LogP contribution in [0.2, 0.25) is 0 Å². The normalized spacial score (nSPS) is 25.9. The highest BCUT2D eigenvalue weighted by atomic mass is 16.3. The number of nitrogens with one attached hydrogen (secondary N) is 1. The molecular weight excluding hydrogens is 288 g/mol.